The van der Waals surface area contributed by atoms with E-state index >= 15 is 0 Å². The minimum Gasteiger partial charge on any atom is -0.283 e. The standard InChI is InChI=1S/C15H16N4O2S/c1-2-9-22(20,21)18-12-7-8-15(16-10-12)19-11-17-13-5-3-4-6-14(13)19/h3-8,10-11,18H,2,9H2,1H3. The fourth-order valence-corrected chi connectivity index (χ4v) is 3.35. The Morgan fingerprint density at radius 2 is 1.95 bits per heavy atom. The fraction of sp³-hybridized carbons (Fsp3) is 0.200. The van der Waals surface area contributed by atoms with E-state index in [1.54, 1.807) is 18.5 Å². The van der Waals surface area contributed by atoms with E-state index in [0.717, 1.165) is 11.0 Å². The van der Waals surface area contributed by atoms with E-state index in [1.165, 1.54) is 6.20 Å². The zero-order chi connectivity index (χ0) is 15.6. The molecular formula is C15H16N4O2S. The molecule has 0 bridgehead atoms. The zero-order valence-corrected chi connectivity index (χ0v) is 12.9. The molecule has 3 aromatic rings. The van der Waals surface area contributed by atoms with E-state index in [4.69, 9.17) is 0 Å². The maximum atomic E-state index is 11.7. The quantitative estimate of drug-likeness (QED) is 0.785. The number of nitrogens with one attached hydrogen (secondary N) is 1. The molecular weight excluding hydrogens is 300 g/mol. The highest BCUT2D eigenvalue weighted by Crippen LogP contribution is 2.18. The first-order valence-corrected chi connectivity index (χ1v) is 8.63. The van der Waals surface area contributed by atoms with Crippen molar-refractivity contribution in [1.82, 2.24) is 14.5 Å². The first kappa shape index (κ1) is 14.5. The highest BCUT2D eigenvalue weighted by molar-refractivity contribution is 7.92. The summed E-state index contributed by atoms with van der Waals surface area (Å²) in [6.07, 6.45) is 3.78. The number of pyridine rings is 1. The van der Waals surface area contributed by atoms with Crippen LogP contribution in [0.25, 0.3) is 16.9 Å². The van der Waals surface area contributed by atoms with Gasteiger partial charge in [0.2, 0.25) is 10.0 Å². The molecule has 0 unspecified atom stereocenters. The van der Waals surface area contributed by atoms with Crippen LogP contribution < -0.4 is 4.72 Å². The molecule has 0 saturated heterocycles. The summed E-state index contributed by atoms with van der Waals surface area (Å²) in [5, 5.41) is 0. The number of hydrogen-bond donors (Lipinski definition) is 1. The molecule has 0 fully saturated rings. The van der Waals surface area contributed by atoms with Gasteiger partial charge in [0, 0.05) is 0 Å². The van der Waals surface area contributed by atoms with Crippen LogP contribution in [0.2, 0.25) is 0 Å². The molecule has 3 rings (SSSR count). The summed E-state index contributed by atoms with van der Waals surface area (Å²) in [6, 6.07) is 11.2. The highest BCUT2D eigenvalue weighted by atomic mass is 32.2. The molecule has 0 aliphatic heterocycles. The summed E-state index contributed by atoms with van der Waals surface area (Å²) in [5.74, 6) is 0.785. The molecule has 6 nitrogen and oxygen atoms in total. The third-order valence-corrected chi connectivity index (χ3v) is 4.69. The number of aromatic nitrogens is 3. The van der Waals surface area contributed by atoms with Gasteiger partial charge < -0.3 is 0 Å². The maximum absolute atomic E-state index is 11.7. The Hall–Kier alpha value is -2.41. The number of sulfonamides is 1. The van der Waals surface area contributed by atoms with Crippen LogP contribution in [-0.2, 0) is 10.0 Å². The van der Waals surface area contributed by atoms with Crippen LogP contribution in [-0.4, -0.2) is 28.7 Å². The van der Waals surface area contributed by atoms with Crippen molar-refractivity contribution in [3.05, 3.63) is 48.9 Å². The van der Waals surface area contributed by atoms with Gasteiger partial charge >= 0.3 is 0 Å². The summed E-state index contributed by atoms with van der Waals surface area (Å²) < 4.78 is 27.8. The Balaban J connectivity index is 1.89. The van der Waals surface area contributed by atoms with Crippen molar-refractivity contribution in [2.24, 2.45) is 0 Å². The number of fused-ring (bicyclic) bond motifs is 1. The molecule has 0 aliphatic carbocycles. The predicted octanol–water partition coefficient (Wildman–Crippen LogP) is 2.57. The minimum atomic E-state index is -3.30. The third-order valence-electron chi connectivity index (χ3n) is 3.19. The molecule has 0 amide bonds. The number of hydrogen-bond acceptors (Lipinski definition) is 4. The van der Waals surface area contributed by atoms with E-state index in [-0.39, 0.29) is 5.75 Å². The Morgan fingerprint density at radius 3 is 2.68 bits per heavy atom. The minimum absolute atomic E-state index is 0.0981. The molecule has 0 saturated carbocycles. The summed E-state index contributed by atoms with van der Waals surface area (Å²) in [4.78, 5) is 8.62. The van der Waals surface area contributed by atoms with Crippen molar-refractivity contribution in [2.45, 2.75) is 13.3 Å². The van der Waals surface area contributed by atoms with E-state index in [2.05, 4.69) is 14.7 Å². The molecule has 1 aromatic carbocycles. The lowest BCUT2D eigenvalue weighted by atomic mass is 10.3. The molecule has 2 aromatic heterocycles. The van der Waals surface area contributed by atoms with Gasteiger partial charge in [-0.2, -0.15) is 0 Å². The van der Waals surface area contributed by atoms with Gasteiger partial charge in [-0.1, -0.05) is 19.1 Å². The maximum Gasteiger partial charge on any atom is 0.232 e. The van der Waals surface area contributed by atoms with E-state index in [1.807, 2.05) is 35.8 Å². The normalized spacial score (nSPS) is 11.7. The molecule has 1 N–H and O–H groups in total. The molecule has 22 heavy (non-hydrogen) atoms. The van der Waals surface area contributed by atoms with Crippen molar-refractivity contribution in [1.29, 1.82) is 0 Å². The summed E-state index contributed by atoms with van der Waals surface area (Å²) in [6.45, 7) is 1.82. The van der Waals surface area contributed by atoms with Crippen LogP contribution in [0.5, 0.6) is 0 Å². The molecule has 114 valence electrons. The number of nitrogens with zero attached hydrogens (tertiary/aromatic N) is 3. The molecule has 0 radical (unpaired) electrons. The smallest absolute Gasteiger partial charge is 0.232 e. The average Bonchev–Trinajstić information content (AvgIpc) is 2.91. The van der Waals surface area contributed by atoms with Gasteiger partial charge in [0.25, 0.3) is 0 Å². The van der Waals surface area contributed by atoms with Crippen molar-refractivity contribution in [2.75, 3.05) is 10.5 Å². The molecule has 7 heteroatoms. The van der Waals surface area contributed by atoms with Gasteiger partial charge in [0.05, 0.1) is 28.7 Å². The zero-order valence-electron chi connectivity index (χ0n) is 12.1. The molecule has 0 atom stereocenters. The Bertz CT molecular complexity index is 885. The average molecular weight is 316 g/mol. The Kier molecular flexibility index (Phi) is 3.81. The van der Waals surface area contributed by atoms with Crippen LogP contribution in [0, 0.1) is 0 Å². The topological polar surface area (TPSA) is 76.9 Å². The number of imidazole rings is 1. The van der Waals surface area contributed by atoms with Crippen molar-refractivity contribution in [3.63, 3.8) is 0 Å². The van der Waals surface area contributed by atoms with E-state index < -0.39 is 10.0 Å². The van der Waals surface area contributed by atoms with Crippen molar-refractivity contribution >= 4 is 26.7 Å². The second-order valence-electron chi connectivity index (χ2n) is 4.93. The van der Waals surface area contributed by atoms with Gasteiger partial charge in [0.15, 0.2) is 0 Å². The van der Waals surface area contributed by atoms with Crippen molar-refractivity contribution < 1.29 is 8.42 Å². The lowest BCUT2D eigenvalue weighted by Crippen LogP contribution is -2.16. The molecule has 0 spiro atoms. The Labute approximate surface area is 128 Å². The number of rotatable bonds is 5. The number of anilines is 1. The second-order valence-corrected chi connectivity index (χ2v) is 6.77. The van der Waals surface area contributed by atoms with Gasteiger partial charge in [-0.25, -0.2) is 18.4 Å². The first-order chi connectivity index (χ1) is 10.6. The van der Waals surface area contributed by atoms with Crippen molar-refractivity contribution in [3.8, 4) is 5.82 Å². The molecule has 2 heterocycles. The second kappa shape index (κ2) is 5.76. The summed E-state index contributed by atoms with van der Waals surface area (Å²) in [7, 11) is -3.30. The highest BCUT2D eigenvalue weighted by Gasteiger charge is 2.10. The lowest BCUT2D eigenvalue weighted by molar-refractivity contribution is 0.600. The van der Waals surface area contributed by atoms with E-state index in [0.29, 0.717) is 17.9 Å². The largest absolute Gasteiger partial charge is 0.283 e. The monoisotopic (exact) mass is 316 g/mol. The van der Waals surface area contributed by atoms with Crippen LogP contribution >= 0.6 is 0 Å². The summed E-state index contributed by atoms with van der Waals surface area (Å²) in [5.41, 5.74) is 2.30. The van der Waals surface area contributed by atoms with Crippen LogP contribution in [0.4, 0.5) is 5.69 Å². The number of benzene rings is 1. The predicted molar refractivity (Wildman–Crippen MR) is 86.6 cm³/mol. The van der Waals surface area contributed by atoms with Gasteiger partial charge in [-0.3, -0.25) is 9.29 Å². The lowest BCUT2D eigenvalue weighted by Gasteiger charge is -2.08. The van der Waals surface area contributed by atoms with Crippen LogP contribution in [0.1, 0.15) is 13.3 Å². The summed E-state index contributed by atoms with van der Waals surface area (Å²) >= 11 is 0. The number of para-hydroxylation sites is 2. The van der Waals surface area contributed by atoms with Crippen LogP contribution in [0.3, 0.4) is 0 Å². The third kappa shape index (κ3) is 2.94. The molecule has 0 aliphatic rings. The van der Waals surface area contributed by atoms with Crippen LogP contribution in [0.15, 0.2) is 48.9 Å². The SMILES string of the molecule is CCCS(=O)(=O)Nc1ccc(-n2cnc3ccccc32)nc1. The Morgan fingerprint density at radius 1 is 1.14 bits per heavy atom. The first-order valence-electron chi connectivity index (χ1n) is 6.98. The van der Waals surface area contributed by atoms with Gasteiger partial charge in [-0.05, 0) is 30.7 Å². The van der Waals surface area contributed by atoms with Gasteiger partial charge in [-0.15, -0.1) is 0 Å². The fourth-order valence-electron chi connectivity index (χ4n) is 2.23. The van der Waals surface area contributed by atoms with Gasteiger partial charge in [0.1, 0.15) is 12.1 Å². The van der Waals surface area contributed by atoms with E-state index in [9.17, 15) is 8.42 Å².